The molecule has 3 heterocycles. The van der Waals surface area contributed by atoms with Crippen LogP contribution in [0.4, 0.5) is 0 Å². The minimum atomic E-state index is -0.0590. The van der Waals surface area contributed by atoms with E-state index in [1.54, 1.807) is 0 Å². The van der Waals surface area contributed by atoms with E-state index in [1.165, 1.54) is 25.9 Å². The number of nitrogens with zero attached hydrogens (tertiary/aromatic N) is 1. The molecule has 0 aromatic rings. The average molecular weight is 155 g/mol. The summed E-state index contributed by atoms with van der Waals surface area (Å²) in [4.78, 5) is 2.44. The Hall–Kier alpha value is -0.120. The molecule has 3 aliphatic heterocycles. The Morgan fingerprint density at radius 1 is 1.36 bits per heavy atom. The first-order chi connectivity index (χ1) is 5.24. The summed E-state index contributed by atoms with van der Waals surface area (Å²) in [5, 5.41) is 0. The van der Waals surface area contributed by atoms with Crippen molar-refractivity contribution in [2.75, 3.05) is 26.2 Å². The number of hydrogen-bond acceptors (Lipinski definition) is 3. The second-order valence-electron chi connectivity index (χ2n) is 3.99. The van der Waals surface area contributed by atoms with Gasteiger partial charge in [-0.15, -0.1) is 0 Å². The van der Waals surface area contributed by atoms with Gasteiger partial charge in [0, 0.05) is 18.6 Å². The lowest BCUT2D eigenvalue weighted by Crippen LogP contribution is -2.67. The van der Waals surface area contributed by atoms with Crippen molar-refractivity contribution in [2.24, 2.45) is 17.4 Å². The lowest BCUT2D eigenvalue weighted by molar-refractivity contribution is 0.0335. The van der Waals surface area contributed by atoms with Gasteiger partial charge in [0.2, 0.25) is 0 Å². The fraction of sp³-hybridized carbons (Fsp3) is 1.00. The zero-order valence-corrected chi connectivity index (χ0v) is 6.92. The molecule has 64 valence electrons. The smallest absolute Gasteiger partial charge is 0.0437 e. The highest BCUT2D eigenvalue weighted by Gasteiger charge is 2.42. The van der Waals surface area contributed by atoms with Gasteiger partial charge in [-0.2, -0.15) is 0 Å². The lowest BCUT2D eigenvalue weighted by Gasteiger charge is -2.51. The first-order valence-corrected chi connectivity index (χ1v) is 4.46. The van der Waals surface area contributed by atoms with E-state index in [-0.39, 0.29) is 5.54 Å². The van der Waals surface area contributed by atoms with Crippen molar-refractivity contribution in [1.82, 2.24) is 4.90 Å². The topological polar surface area (TPSA) is 55.3 Å². The molecule has 11 heavy (non-hydrogen) atoms. The molecule has 3 fully saturated rings. The summed E-state index contributed by atoms with van der Waals surface area (Å²) < 4.78 is 0. The average Bonchev–Trinajstić information content (AvgIpc) is 2.06. The Morgan fingerprint density at radius 2 is 2.00 bits per heavy atom. The molecule has 3 saturated heterocycles. The highest BCUT2D eigenvalue weighted by Crippen LogP contribution is 2.32. The largest absolute Gasteiger partial charge is 0.329 e. The molecule has 3 heteroatoms. The van der Waals surface area contributed by atoms with Gasteiger partial charge in [-0.25, -0.2) is 0 Å². The lowest BCUT2D eigenvalue weighted by atomic mass is 9.73. The van der Waals surface area contributed by atoms with Crippen molar-refractivity contribution in [3.05, 3.63) is 0 Å². The highest BCUT2D eigenvalue weighted by atomic mass is 15.2. The molecular formula is C8H17N3. The quantitative estimate of drug-likeness (QED) is 0.530. The maximum Gasteiger partial charge on any atom is 0.0437 e. The van der Waals surface area contributed by atoms with Gasteiger partial charge in [0.15, 0.2) is 0 Å². The zero-order valence-electron chi connectivity index (χ0n) is 6.92. The van der Waals surface area contributed by atoms with E-state index in [2.05, 4.69) is 4.90 Å². The van der Waals surface area contributed by atoms with Gasteiger partial charge in [0.1, 0.15) is 0 Å². The van der Waals surface area contributed by atoms with Crippen LogP contribution in [-0.2, 0) is 0 Å². The maximum atomic E-state index is 6.18. The molecule has 3 nitrogen and oxygen atoms in total. The molecule has 0 spiro atoms. The summed E-state index contributed by atoms with van der Waals surface area (Å²) in [5.41, 5.74) is 11.8. The van der Waals surface area contributed by atoms with Crippen LogP contribution in [0.15, 0.2) is 0 Å². The Labute approximate surface area is 67.7 Å². The van der Waals surface area contributed by atoms with E-state index in [4.69, 9.17) is 11.5 Å². The Balaban J connectivity index is 2.13. The van der Waals surface area contributed by atoms with E-state index < -0.39 is 0 Å². The SMILES string of the molecule is NC[C@@]1(N)CN2CCC1CC2. The van der Waals surface area contributed by atoms with Gasteiger partial charge < -0.3 is 16.4 Å². The predicted molar refractivity (Wildman–Crippen MR) is 45.1 cm³/mol. The first-order valence-electron chi connectivity index (χ1n) is 4.46. The number of hydrogen-bond donors (Lipinski definition) is 2. The van der Waals surface area contributed by atoms with Crippen LogP contribution in [0.3, 0.4) is 0 Å². The summed E-state index contributed by atoms with van der Waals surface area (Å²) in [6.07, 6.45) is 2.52. The molecule has 0 radical (unpaired) electrons. The van der Waals surface area contributed by atoms with Crippen LogP contribution in [0.1, 0.15) is 12.8 Å². The molecule has 0 saturated carbocycles. The van der Waals surface area contributed by atoms with Crippen molar-refractivity contribution >= 4 is 0 Å². The minimum absolute atomic E-state index is 0.0590. The van der Waals surface area contributed by atoms with Crippen LogP contribution in [0.25, 0.3) is 0 Å². The summed E-state index contributed by atoms with van der Waals surface area (Å²) in [7, 11) is 0. The van der Waals surface area contributed by atoms with Crippen LogP contribution in [0.2, 0.25) is 0 Å². The molecule has 3 rings (SSSR count). The maximum absolute atomic E-state index is 6.18. The minimum Gasteiger partial charge on any atom is -0.329 e. The van der Waals surface area contributed by atoms with Crippen LogP contribution in [0.5, 0.6) is 0 Å². The molecule has 0 amide bonds. The van der Waals surface area contributed by atoms with E-state index in [9.17, 15) is 0 Å². The molecule has 0 aromatic carbocycles. The molecule has 2 bridgehead atoms. The van der Waals surface area contributed by atoms with Crippen molar-refractivity contribution in [3.63, 3.8) is 0 Å². The number of piperidine rings is 3. The Bertz CT molecular complexity index is 151. The zero-order chi connectivity index (χ0) is 7.90. The highest BCUT2D eigenvalue weighted by molar-refractivity contribution is 5.02. The fourth-order valence-electron chi connectivity index (χ4n) is 2.44. The van der Waals surface area contributed by atoms with E-state index in [0.29, 0.717) is 12.5 Å². The fourth-order valence-corrected chi connectivity index (χ4v) is 2.44. The van der Waals surface area contributed by atoms with Crippen LogP contribution in [-0.4, -0.2) is 36.6 Å². The molecule has 0 aromatic heterocycles. The molecule has 4 N–H and O–H groups in total. The number of nitrogens with two attached hydrogens (primary N) is 2. The van der Waals surface area contributed by atoms with Crippen LogP contribution in [0, 0.1) is 5.92 Å². The monoisotopic (exact) mass is 155 g/mol. The van der Waals surface area contributed by atoms with Gasteiger partial charge in [-0.3, -0.25) is 0 Å². The number of rotatable bonds is 1. The second kappa shape index (κ2) is 2.44. The van der Waals surface area contributed by atoms with Gasteiger partial charge in [-0.1, -0.05) is 0 Å². The molecule has 0 unspecified atom stereocenters. The van der Waals surface area contributed by atoms with Crippen LogP contribution >= 0.6 is 0 Å². The summed E-state index contributed by atoms with van der Waals surface area (Å²) in [6, 6.07) is 0. The molecular weight excluding hydrogens is 138 g/mol. The van der Waals surface area contributed by atoms with Gasteiger partial charge in [0.25, 0.3) is 0 Å². The van der Waals surface area contributed by atoms with Crippen molar-refractivity contribution < 1.29 is 0 Å². The predicted octanol–water partition coefficient (Wildman–Crippen LogP) is -0.632. The molecule has 3 aliphatic rings. The van der Waals surface area contributed by atoms with Gasteiger partial charge >= 0.3 is 0 Å². The summed E-state index contributed by atoms with van der Waals surface area (Å²) in [5.74, 6) is 0.692. The third-order valence-electron chi connectivity index (χ3n) is 3.30. The third-order valence-corrected chi connectivity index (χ3v) is 3.30. The van der Waals surface area contributed by atoms with Crippen molar-refractivity contribution in [2.45, 2.75) is 18.4 Å². The van der Waals surface area contributed by atoms with Crippen molar-refractivity contribution in [3.8, 4) is 0 Å². The third kappa shape index (κ3) is 1.08. The van der Waals surface area contributed by atoms with Crippen LogP contribution < -0.4 is 11.5 Å². The second-order valence-corrected chi connectivity index (χ2v) is 3.99. The van der Waals surface area contributed by atoms with E-state index >= 15 is 0 Å². The molecule has 1 atom stereocenters. The standard InChI is InChI=1S/C8H17N3/c9-5-8(10)6-11-3-1-7(8)2-4-11/h7H,1-6,9-10H2/t8-/m1/s1. The van der Waals surface area contributed by atoms with Gasteiger partial charge in [0.05, 0.1) is 0 Å². The van der Waals surface area contributed by atoms with E-state index in [1.807, 2.05) is 0 Å². The Kier molecular flexibility index (Phi) is 1.67. The first kappa shape index (κ1) is 7.53. The normalized spacial score (nSPS) is 49.6. The van der Waals surface area contributed by atoms with Gasteiger partial charge in [-0.05, 0) is 31.8 Å². The molecule has 0 aliphatic carbocycles. The van der Waals surface area contributed by atoms with Crippen molar-refractivity contribution in [1.29, 1.82) is 0 Å². The Morgan fingerprint density at radius 3 is 2.27 bits per heavy atom. The number of fused-ring (bicyclic) bond motifs is 3. The summed E-state index contributed by atoms with van der Waals surface area (Å²) >= 11 is 0. The summed E-state index contributed by atoms with van der Waals surface area (Å²) in [6.45, 7) is 4.15. The van der Waals surface area contributed by atoms with E-state index in [0.717, 1.165) is 6.54 Å².